The van der Waals surface area contributed by atoms with Crippen molar-refractivity contribution in [2.24, 2.45) is 0 Å². The third-order valence-electron chi connectivity index (χ3n) is 3.32. The van der Waals surface area contributed by atoms with Crippen molar-refractivity contribution in [2.75, 3.05) is 0 Å². The lowest BCUT2D eigenvalue weighted by Crippen LogP contribution is -2.35. The summed E-state index contributed by atoms with van der Waals surface area (Å²) in [6, 6.07) is 8.61. The Labute approximate surface area is 116 Å². The molecule has 3 rings (SSSR count). The van der Waals surface area contributed by atoms with Gasteiger partial charge in [-0.2, -0.15) is 0 Å². The van der Waals surface area contributed by atoms with Gasteiger partial charge in [-0.25, -0.2) is 4.98 Å². The molecule has 0 saturated heterocycles. The fourth-order valence-electron chi connectivity index (χ4n) is 2.14. The van der Waals surface area contributed by atoms with E-state index in [1.807, 2.05) is 17.8 Å². The van der Waals surface area contributed by atoms with E-state index >= 15 is 0 Å². The minimum atomic E-state index is -0.0960. The topological polar surface area (TPSA) is 40.7 Å². The van der Waals surface area contributed by atoms with E-state index in [2.05, 4.69) is 53.4 Å². The SMILES string of the molecule is CC(C)(NCc1ccc2[nH]ccc2c1)c1nccs1. The van der Waals surface area contributed by atoms with E-state index in [1.165, 1.54) is 16.5 Å². The van der Waals surface area contributed by atoms with Crippen LogP contribution in [0.1, 0.15) is 24.4 Å². The van der Waals surface area contributed by atoms with Gasteiger partial charge in [-0.15, -0.1) is 11.3 Å². The van der Waals surface area contributed by atoms with E-state index in [0.29, 0.717) is 0 Å². The molecule has 2 aromatic heterocycles. The molecule has 0 aliphatic heterocycles. The number of fused-ring (bicyclic) bond motifs is 1. The van der Waals surface area contributed by atoms with Crippen molar-refractivity contribution in [1.82, 2.24) is 15.3 Å². The second-order valence-electron chi connectivity index (χ2n) is 5.22. The normalized spacial score (nSPS) is 12.1. The van der Waals surface area contributed by atoms with Crippen LogP contribution in [0.3, 0.4) is 0 Å². The fraction of sp³-hybridized carbons (Fsp3) is 0.267. The summed E-state index contributed by atoms with van der Waals surface area (Å²) in [7, 11) is 0. The van der Waals surface area contributed by atoms with Crippen molar-refractivity contribution in [3.63, 3.8) is 0 Å². The fourth-order valence-corrected chi connectivity index (χ4v) is 2.88. The average molecular weight is 271 g/mol. The van der Waals surface area contributed by atoms with Crippen LogP contribution in [0.2, 0.25) is 0 Å². The number of H-pyrrole nitrogens is 1. The molecule has 0 bridgehead atoms. The average Bonchev–Trinajstić information content (AvgIpc) is 3.07. The quantitative estimate of drug-likeness (QED) is 0.760. The number of hydrogen-bond donors (Lipinski definition) is 2. The van der Waals surface area contributed by atoms with E-state index < -0.39 is 0 Å². The van der Waals surface area contributed by atoms with E-state index in [0.717, 1.165) is 11.6 Å². The Morgan fingerprint density at radius 1 is 1.32 bits per heavy atom. The molecule has 0 unspecified atom stereocenters. The number of rotatable bonds is 4. The largest absolute Gasteiger partial charge is 0.361 e. The van der Waals surface area contributed by atoms with Crippen molar-refractivity contribution in [1.29, 1.82) is 0 Å². The van der Waals surface area contributed by atoms with Gasteiger partial charge in [0.15, 0.2) is 0 Å². The van der Waals surface area contributed by atoms with Crippen LogP contribution in [0.4, 0.5) is 0 Å². The maximum Gasteiger partial charge on any atom is 0.112 e. The smallest absolute Gasteiger partial charge is 0.112 e. The summed E-state index contributed by atoms with van der Waals surface area (Å²) >= 11 is 1.69. The maximum absolute atomic E-state index is 4.39. The Morgan fingerprint density at radius 2 is 2.21 bits per heavy atom. The first-order chi connectivity index (χ1) is 9.15. The lowest BCUT2D eigenvalue weighted by molar-refractivity contribution is 0.399. The van der Waals surface area contributed by atoms with Gasteiger partial charge in [0, 0.05) is 29.8 Å². The molecule has 0 spiro atoms. The lowest BCUT2D eigenvalue weighted by atomic mass is 10.1. The van der Waals surface area contributed by atoms with Gasteiger partial charge in [0.05, 0.1) is 5.54 Å². The zero-order valence-corrected chi connectivity index (χ0v) is 11.9. The van der Waals surface area contributed by atoms with Crippen LogP contribution in [-0.2, 0) is 12.1 Å². The van der Waals surface area contributed by atoms with E-state index in [1.54, 1.807) is 11.3 Å². The van der Waals surface area contributed by atoms with Crippen molar-refractivity contribution >= 4 is 22.2 Å². The van der Waals surface area contributed by atoms with Crippen molar-refractivity contribution in [2.45, 2.75) is 25.9 Å². The minimum Gasteiger partial charge on any atom is -0.361 e. The molecule has 0 aliphatic rings. The van der Waals surface area contributed by atoms with Crippen LogP contribution < -0.4 is 5.32 Å². The molecule has 19 heavy (non-hydrogen) atoms. The molecule has 0 radical (unpaired) electrons. The molecular formula is C15H17N3S. The molecule has 0 amide bonds. The van der Waals surface area contributed by atoms with Crippen molar-refractivity contribution < 1.29 is 0 Å². The summed E-state index contributed by atoms with van der Waals surface area (Å²) in [6.45, 7) is 5.18. The Kier molecular flexibility index (Phi) is 3.12. The number of thiazole rings is 1. The molecule has 2 heterocycles. The number of nitrogens with zero attached hydrogens (tertiary/aromatic N) is 1. The number of aromatic amines is 1. The van der Waals surface area contributed by atoms with Crippen molar-refractivity contribution in [3.05, 3.63) is 52.6 Å². The van der Waals surface area contributed by atoms with Gasteiger partial charge in [-0.05, 0) is 43.0 Å². The molecule has 1 aromatic carbocycles. The van der Waals surface area contributed by atoms with Crippen LogP contribution in [-0.4, -0.2) is 9.97 Å². The number of nitrogens with one attached hydrogen (secondary N) is 2. The Bertz CT molecular complexity index is 668. The van der Waals surface area contributed by atoms with Crippen LogP contribution in [0.5, 0.6) is 0 Å². The monoisotopic (exact) mass is 271 g/mol. The first kappa shape index (κ1) is 12.4. The third-order valence-corrected chi connectivity index (χ3v) is 4.42. The summed E-state index contributed by atoms with van der Waals surface area (Å²) in [5.41, 5.74) is 2.38. The molecule has 98 valence electrons. The zero-order valence-electron chi connectivity index (χ0n) is 11.1. The molecule has 0 aliphatic carbocycles. The predicted molar refractivity (Wildman–Crippen MR) is 80.3 cm³/mol. The van der Waals surface area contributed by atoms with Crippen LogP contribution >= 0.6 is 11.3 Å². The van der Waals surface area contributed by atoms with Gasteiger partial charge in [0.25, 0.3) is 0 Å². The van der Waals surface area contributed by atoms with Crippen LogP contribution in [0.25, 0.3) is 10.9 Å². The molecule has 4 heteroatoms. The molecule has 0 fully saturated rings. The molecule has 2 N–H and O–H groups in total. The molecular weight excluding hydrogens is 254 g/mol. The highest BCUT2D eigenvalue weighted by molar-refractivity contribution is 7.09. The Hall–Kier alpha value is -1.65. The zero-order chi connectivity index (χ0) is 13.3. The number of hydrogen-bond acceptors (Lipinski definition) is 3. The molecule has 3 aromatic rings. The molecule has 0 atom stereocenters. The van der Waals surface area contributed by atoms with E-state index in [9.17, 15) is 0 Å². The van der Waals surface area contributed by atoms with Crippen molar-refractivity contribution in [3.8, 4) is 0 Å². The van der Waals surface area contributed by atoms with E-state index in [4.69, 9.17) is 0 Å². The summed E-state index contributed by atoms with van der Waals surface area (Å²) in [4.78, 5) is 7.61. The first-order valence-corrected chi connectivity index (χ1v) is 7.24. The predicted octanol–water partition coefficient (Wildman–Crippen LogP) is 3.65. The third kappa shape index (κ3) is 2.55. The van der Waals surface area contributed by atoms with Gasteiger partial charge in [0.1, 0.15) is 5.01 Å². The highest BCUT2D eigenvalue weighted by atomic mass is 32.1. The highest BCUT2D eigenvalue weighted by Gasteiger charge is 2.22. The van der Waals surface area contributed by atoms with Crippen LogP contribution in [0, 0.1) is 0 Å². The molecule has 3 nitrogen and oxygen atoms in total. The Morgan fingerprint density at radius 3 is 3.00 bits per heavy atom. The standard InChI is InChI=1S/C15H17N3S/c1-15(2,14-17-7-8-19-14)18-10-11-3-4-13-12(9-11)5-6-16-13/h3-9,16,18H,10H2,1-2H3. The lowest BCUT2D eigenvalue weighted by Gasteiger charge is -2.24. The second-order valence-corrected chi connectivity index (χ2v) is 6.11. The van der Waals surface area contributed by atoms with Gasteiger partial charge in [0.2, 0.25) is 0 Å². The summed E-state index contributed by atoms with van der Waals surface area (Å²) in [5.74, 6) is 0. The Balaban J connectivity index is 1.75. The van der Waals surface area contributed by atoms with Crippen LogP contribution in [0.15, 0.2) is 42.0 Å². The summed E-state index contributed by atoms with van der Waals surface area (Å²) < 4.78 is 0. The first-order valence-electron chi connectivity index (χ1n) is 6.36. The number of benzene rings is 1. The summed E-state index contributed by atoms with van der Waals surface area (Å²) in [5, 5.41) is 7.97. The van der Waals surface area contributed by atoms with E-state index in [-0.39, 0.29) is 5.54 Å². The van der Waals surface area contributed by atoms with Gasteiger partial charge < -0.3 is 10.3 Å². The minimum absolute atomic E-state index is 0.0960. The maximum atomic E-state index is 4.39. The van der Waals surface area contributed by atoms with Gasteiger partial charge in [-0.3, -0.25) is 0 Å². The highest BCUT2D eigenvalue weighted by Crippen LogP contribution is 2.23. The van der Waals surface area contributed by atoms with Gasteiger partial charge >= 0.3 is 0 Å². The second kappa shape index (κ2) is 4.79. The number of aromatic nitrogens is 2. The molecule has 0 saturated carbocycles. The van der Waals surface area contributed by atoms with Gasteiger partial charge in [-0.1, -0.05) is 6.07 Å². The summed E-state index contributed by atoms with van der Waals surface area (Å²) in [6.07, 6.45) is 3.83.